The van der Waals surface area contributed by atoms with Crippen LogP contribution in [0.2, 0.25) is 0 Å². The molecule has 3 aliphatic heterocycles. The summed E-state index contributed by atoms with van der Waals surface area (Å²) in [6, 6.07) is 4.62. The van der Waals surface area contributed by atoms with E-state index >= 15 is 0 Å². The molecule has 8 heteroatoms. The van der Waals surface area contributed by atoms with Crippen LogP contribution in [-0.2, 0) is 22.7 Å². The van der Waals surface area contributed by atoms with Crippen molar-refractivity contribution in [2.45, 2.75) is 50.6 Å². The minimum absolute atomic E-state index is 0.191. The number of halogens is 1. The predicted molar refractivity (Wildman–Crippen MR) is 95.5 cm³/mol. The molecule has 144 valence electrons. The molecule has 0 radical (unpaired) electrons. The van der Waals surface area contributed by atoms with Crippen LogP contribution >= 0.6 is 0 Å². The lowest BCUT2D eigenvalue weighted by Gasteiger charge is -2.29. The van der Waals surface area contributed by atoms with Crippen LogP contribution in [0.5, 0.6) is 0 Å². The topological polar surface area (TPSA) is 90.5 Å². The molecule has 3 atom stereocenters. The highest BCUT2D eigenvalue weighted by molar-refractivity contribution is 6.05. The maximum atomic E-state index is 14.0. The molecule has 3 aliphatic rings. The Morgan fingerprint density at radius 2 is 2.07 bits per heavy atom. The molecule has 1 aromatic carbocycles. The number of nitrogens with zero attached hydrogens (tertiary/aromatic N) is 1. The van der Waals surface area contributed by atoms with Crippen molar-refractivity contribution in [2.24, 2.45) is 0 Å². The second-order valence-corrected chi connectivity index (χ2v) is 7.34. The van der Waals surface area contributed by atoms with Crippen molar-refractivity contribution in [3.63, 3.8) is 0 Å². The number of fused-ring (bicyclic) bond motifs is 1. The Morgan fingerprint density at radius 1 is 1.22 bits per heavy atom. The summed E-state index contributed by atoms with van der Waals surface area (Å²) in [5, 5.41) is 8.74. The molecule has 0 spiro atoms. The van der Waals surface area contributed by atoms with Crippen LogP contribution in [0.1, 0.15) is 40.7 Å². The highest BCUT2D eigenvalue weighted by Crippen LogP contribution is 2.30. The van der Waals surface area contributed by atoms with E-state index in [1.165, 1.54) is 4.90 Å². The van der Waals surface area contributed by atoms with Gasteiger partial charge in [-0.25, -0.2) is 4.39 Å². The average Bonchev–Trinajstić information content (AvgIpc) is 2.98. The van der Waals surface area contributed by atoms with Gasteiger partial charge >= 0.3 is 0 Å². The minimum atomic E-state index is -0.885. The molecular weight excluding hydrogens is 351 g/mol. The fourth-order valence-electron chi connectivity index (χ4n) is 4.08. The number of piperidine rings is 2. The molecule has 7 nitrogen and oxygen atoms in total. The summed E-state index contributed by atoms with van der Waals surface area (Å²) >= 11 is 0. The van der Waals surface area contributed by atoms with E-state index < -0.39 is 18.1 Å². The van der Waals surface area contributed by atoms with E-state index in [9.17, 15) is 18.8 Å². The van der Waals surface area contributed by atoms with Crippen molar-refractivity contribution >= 4 is 17.7 Å². The van der Waals surface area contributed by atoms with Crippen molar-refractivity contribution in [1.82, 2.24) is 20.9 Å². The van der Waals surface area contributed by atoms with Gasteiger partial charge in [0.15, 0.2) is 0 Å². The van der Waals surface area contributed by atoms with Gasteiger partial charge in [0.05, 0.1) is 6.04 Å². The van der Waals surface area contributed by atoms with Crippen molar-refractivity contribution in [2.75, 3.05) is 13.1 Å². The van der Waals surface area contributed by atoms with Gasteiger partial charge in [-0.3, -0.25) is 19.7 Å². The zero-order chi connectivity index (χ0) is 19.0. The number of imide groups is 1. The maximum absolute atomic E-state index is 14.0. The van der Waals surface area contributed by atoms with E-state index in [1.54, 1.807) is 6.07 Å². The highest BCUT2D eigenvalue weighted by Gasteiger charge is 2.39. The largest absolute Gasteiger partial charge is 0.322 e. The van der Waals surface area contributed by atoms with Crippen molar-refractivity contribution < 1.29 is 18.8 Å². The van der Waals surface area contributed by atoms with E-state index in [0.29, 0.717) is 44.6 Å². The van der Waals surface area contributed by atoms with Gasteiger partial charge in [0, 0.05) is 31.6 Å². The fraction of sp³-hybridized carbons (Fsp3) is 0.526. The van der Waals surface area contributed by atoms with Crippen LogP contribution in [0.4, 0.5) is 4.39 Å². The minimum Gasteiger partial charge on any atom is -0.322 e. The first-order chi connectivity index (χ1) is 13.0. The molecule has 27 heavy (non-hydrogen) atoms. The Hall–Kier alpha value is -2.32. The molecule has 3 N–H and O–H groups in total. The van der Waals surface area contributed by atoms with Crippen molar-refractivity contribution in [1.29, 1.82) is 0 Å². The summed E-state index contributed by atoms with van der Waals surface area (Å²) in [4.78, 5) is 37.9. The molecular formula is C19H23FN4O3. The van der Waals surface area contributed by atoms with Crippen molar-refractivity contribution in [3.05, 3.63) is 34.9 Å². The molecule has 2 saturated heterocycles. The number of hydrogen-bond donors (Lipinski definition) is 3. The monoisotopic (exact) mass is 374 g/mol. The number of nitrogens with one attached hydrogen (secondary N) is 3. The van der Waals surface area contributed by atoms with Gasteiger partial charge in [-0.05, 0) is 36.6 Å². The number of hydrogen-bond acceptors (Lipinski definition) is 5. The third-order valence-corrected chi connectivity index (χ3v) is 5.63. The summed E-state index contributed by atoms with van der Waals surface area (Å²) in [5.41, 5.74) is 2.39. The molecule has 0 bridgehead atoms. The number of carbonyl (C=O) groups is 3. The summed E-state index contributed by atoms with van der Waals surface area (Å²) in [5.74, 6) is -0.906. The van der Waals surface area contributed by atoms with E-state index in [-0.39, 0.29) is 24.3 Å². The number of amides is 3. The van der Waals surface area contributed by atoms with Gasteiger partial charge in [0.25, 0.3) is 5.91 Å². The zero-order valence-corrected chi connectivity index (χ0v) is 15.0. The van der Waals surface area contributed by atoms with Gasteiger partial charge in [0.2, 0.25) is 11.8 Å². The third kappa shape index (κ3) is 3.46. The highest BCUT2D eigenvalue weighted by atomic mass is 19.1. The Kier molecular flexibility index (Phi) is 4.92. The van der Waals surface area contributed by atoms with Gasteiger partial charge in [0.1, 0.15) is 12.2 Å². The zero-order valence-electron chi connectivity index (χ0n) is 15.0. The first kappa shape index (κ1) is 18.1. The first-order valence-corrected chi connectivity index (χ1v) is 9.38. The molecule has 0 aliphatic carbocycles. The Bertz CT molecular complexity index is 784. The predicted octanol–water partition coefficient (Wildman–Crippen LogP) is 0.237. The maximum Gasteiger partial charge on any atom is 0.255 e. The lowest BCUT2D eigenvalue weighted by molar-refractivity contribution is -0.136. The van der Waals surface area contributed by atoms with Crippen LogP contribution in [0.25, 0.3) is 0 Å². The number of alkyl halides is 1. The van der Waals surface area contributed by atoms with E-state index in [2.05, 4.69) is 16.0 Å². The number of benzene rings is 1. The Balaban J connectivity index is 1.49. The van der Waals surface area contributed by atoms with Crippen LogP contribution in [0.15, 0.2) is 18.2 Å². The molecule has 2 fully saturated rings. The average molecular weight is 374 g/mol. The standard InChI is InChI=1S/C19H23FN4O3/c20-14-6-7-21-9-15(14)22-8-11-2-1-3-12-13(11)10-24(19(12)27)16-4-5-17(25)23-18(16)26/h1-3,14-16,21-22H,4-10H2,(H,23,25,26)/t14-,15+,16?/m1/s1. The lowest BCUT2D eigenvalue weighted by Crippen LogP contribution is -2.52. The molecule has 3 heterocycles. The van der Waals surface area contributed by atoms with E-state index in [4.69, 9.17) is 0 Å². The van der Waals surface area contributed by atoms with E-state index in [1.807, 2.05) is 12.1 Å². The Labute approximate surface area is 156 Å². The molecule has 4 rings (SSSR count). The van der Waals surface area contributed by atoms with Gasteiger partial charge in [-0.15, -0.1) is 0 Å². The van der Waals surface area contributed by atoms with Crippen molar-refractivity contribution in [3.8, 4) is 0 Å². The van der Waals surface area contributed by atoms with E-state index in [0.717, 1.165) is 11.1 Å². The van der Waals surface area contributed by atoms with Gasteiger partial charge in [-0.2, -0.15) is 0 Å². The molecule has 0 saturated carbocycles. The number of carbonyl (C=O) groups excluding carboxylic acids is 3. The second-order valence-electron chi connectivity index (χ2n) is 7.34. The molecule has 1 unspecified atom stereocenters. The van der Waals surface area contributed by atoms with Gasteiger partial charge < -0.3 is 15.5 Å². The van der Waals surface area contributed by atoms with Gasteiger partial charge in [-0.1, -0.05) is 12.1 Å². The lowest BCUT2D eigenvalue weighted by atomic mass is 10.0. The number of rotatable bonds is 4. The molecule has 0 aromatic heterocycles. The van der Waals surface area contributed by atoms with Crippen LogP contribution in [0, 0.1) is 0 Å². The third-order valence-electron chi connectivity index (χ3n) is 5.63. The SMILES string of the molecule is O=C1CCC(N2Cc3c(CN[C@H]4CNCC[C@H]4F)cccc3C2=O)C(=O)N1. The first-order valence-electron chi connectivity index (χ1n) is 9.38. The van der Waals surface area contributed by atoms with Crippen LogP contribution in [-0.4, -0.2) is 54.0 Å². The summed E-state index contributed by atoms with van der Waals surface area (Å²) in [7, 11) is 0. The molecule has 3 amide bonds. The summed E-state index contributed by atoms with van der Waals surface area (Å²) in [6.45, 7) is 2.07. The Morgan fingerprint density at radius 3 is 2.85 bits per heavy atom. The fourth-order valence-corrected chi connectivity index (χ4v) is 4.08. The van der Waals surface area contributed by atoms with Crippen LogP contribution < -0.4 is 16.0 Å². The quantitative estimate of drug-likeness (QED) is 0.657. The normalized spacial score (nSPS) is 28.3. The second kappa shape index (κ2) is 7.36. The smallest absolute Gasteiger partial charge is 0.255 e. The molecule has 1 aromatic rings. The van der Waals surface area contributed by atoms with Crippen LogP contribution in [0.3, 0.4) is 0 Å². The summed E-state index contributed by atoms with van der Waals surface area (Å²) in [6.07, 6.45) is 0.184. The summed E-state index contributed by atoms with van der Waals surface area (Å²) < 4.78 is 14.0.